The van der Waals surface area contributed by atoms with Crippen LogP contribution in [-0.2, 0) is 41.8 Å². The van der Waals surface area contributed by atoms with Gasteiger partial charge in [0.1, 0.15) is 39.6 Å². The van der Waals surface area contributed by atoms with Crippen molar-refractivity contribution >= 4 is 51.6 Å². The number of hydrogen-bond donors (Lipinski definition) is 5. The van der Waals surface area contributed by atoms with E-state index in [1.165, 1.54) is 71.3 Å². The summed E-state index contributed by atoms with van der Waals surface area (Å²) in [4.78, 5) is 41.9. The minimum Gasteiger partial charge on any atom is -0.495 e. The molecule has 115 heavy (non-hydrogen) atoms. The van der Waals surface area contributed by atoms with Crippen LogP contribution in [0.25, 0.3) is 44.3 Å². The van der Waals surface area contributed by atoms with Crippen molar-refractivity contribution in [3.05, 3.63) is 229 Å². The van der Waals surface area contributed by atoms with Crippen LogP contribution in [0.2, 0.25) is 42.1 Å². The van der Waals surface area contributed by atoms with Crippen molar-refractivity contribution in [2.24, 2.45) is 5.11 Å². The smallest absolute Gasteiger partial charge is 0.454 e. The Hall–Kier alpha value is -10.7. The number of anilines is 2. The number of aliphatic hydroxyl groups is 1. The van der Waals surface area contributed by atoms with Crippen LogP contribution >= 0.6 is 15.9 Å². The molecule has 0 bridgehead atoms. The van der Waals surface area contributed by atoms with Crippen molar-refractivity contribution in [1.29, 1.82) is 10.5 Å². The Labute approximate surface area is 685 Å². The van der Waals surface area contributed by atoms with Gasteiger partial charge in [-0.05, 0) is 212 Å². The summed E-state index contributed by atoms with van der Waals surface area (Å²) in [5, 5.41) is 56.2. The Bertz CT molecular complexity index is 5090. The maximum absolute atomic E-state index is 9.37. The number of nitrogens with zero attached hydrogens (tertiary/aromatic N) is 17. The molecule has 7 N–H and O–H groups in total. The molecule has 30 heteroatoms. The zero-order valence-electron chi connectivity index (χ0n) is 67.6. The minimum absolute atomic E-state index is 0.0561. The summed E-state index contributed by atoms with van der Waals surface area (Å²) in [7, 11) is -1.34. The number of aliphatic hydroxyl groups excluding tert-OH is 1. The second kappa shape index (κ2) is 41.1. The summed E-state index contributed by atoms with van der Waals surface area (Å²) in [5.74, 6) is 6.32. The fourth-order valence-corrected chi connectivity index (χ4v) is 13.2. The summed E-state index contributed by atoms with van der Waals surface area (Å²) < 4.78 is 25.6. The number of terminal acetylenes is 1. The Morgan fingerprint density at radius 1 is 0.557 bits per heavy atom. The molecule has 5 aliphatic carbocycles. The van der Waals surface area contributed by atoms with Gasteiger partial charge in [0, 0.05) is 68.2 Å². The molecular formula is C85H103BBrN19O7Si2. The summed E-state index contributed by atoms with van der Waals surface area (Å²) in [6.07, 6.45) is 19.2. The number of ether oxygens (including phenoxy) is 2. The third kappa shape index (κ3) is 27.2. The highest BCUT2D eigenvalue weighted by Gasteiger charge is 2.39. The highest BCUT2D eigenvalue weighted by atomic mass is 79.9. The largest absolute Gasteiger partial charge is 0.495 e. The molecule has 0 aliphatic heterocycles. The molecule has 0 atom stereocenters. The molecule has 8 heterocycles. The lowest BCUT2D eigenvalue weighted by Gasteiger charge is -2.36. The Morgan fingerprint density at radius 3 is 1.38 bits per heavy atom. The number of nitrogens with two attached hydrogens (primary N) is 2. The highest BCUT2D eigenvalue weighted by molar-refractivity contribution is 9.10. The van der Waals surface area contributed by atoms with Crippen LogP contribution in [0.15, 0.2) is 155 Å². The zero-order valence-corrected chi connectivity index (χ0v) is 71.2. The predicted octanol–water partition coefficient (Wildman–Crippen LogP) is 17.5. The van der Waals surface area contributed by atoms with Crippen molar-refractivity contribution in [1.82, 2.24) is 59.8 Å². The normalized spacial score (nSPS) is 14.0. The maximum Gasteiger partial charge on any atom is 0.454 e. The van der Waals surface area contributed by atoms with Gasteiger partial charge in [0.05, 0.1) is 104 Å². The summed E-state index contributed by atoms with van der Waals surface area (Å²) >= 11 is 3.37. The van der Waals surface area contributed by atoms with Gasteiger partial charge in [-0.2, -0.15) is 10.5 Å². The van der Waals surface area contributed by atoms with E-state index in [1.54, 1.807) is 53.3 Å². The number of azide groups is 1. The molecule has 0 unspecified atom stereocenters. The van der Waals surface area contributed by atoms with Gasteiger partial charge in [-0.3, -0.25) is 19.9 Å². The van der Waals surface area contributed by atoms with E-state index in [1.807, 2.05) is 72.8 Å². The van der Waals surface area contributed by atoms with Gasteiger partial charge in [-0.15, -0.1) is 11.5 Å². The number of benzene rings is 2. The summed E-state index contributed by atoms with van der Waals surface area (Å²) in [6, 6.07) is 48.1. The van der Waals surface area contributed by atoms with Crippen molar-refractivity contribution < 1.29 is 33.5 Å². The molecule has 10 aromatic rings. The number of hydrogen-bond acceptors (Lipinski definition) is 23. The van der Waals surface area contributed by atoms with Crippen LogP contribution in [0.5, 0.6) is 11.5 Å². The Morgan fingerprint density at radius 2 is 0.965 bits per heavy atom. The highest BCUT2D eigenvalue weighted by Crippen LogP contribution is 2.44. The number of nitriles is 2. The second-order valence-electron chi connectivity index (χ2n) is 31.6. The van der Waals surface area contributed by atoms with Crippen molar-refractivity contribution in [2.75, 3.05) is 25.7 Å². The maximum atomic E-state index is 9.37. The molecule has 0 saturated heterocycles. The van der Waals surface area contributed by atoms with Gasteiger partial charge in [0.2, 0.25) is 11.9 Å². The van der Waals surface area contributed by atoms with E-state index >= 15 is 0 Å². The molecule has 5 fully saturated rings. The number of nitrogen functional groups attached to an aromatic ring is 2. The lowest BCUT2D eigenvalue weighted by molar-refractivity contribution is 0.271. The first kappa shape index (κ1) is 88.3. The van der Waals surface area contributed by atoms with Gasteiger partial charge >= 0.3 is 7.12 Å². The van der Waals surface area contributed by atoms with Crippen molar-refractivity contribution in [3.63, 3.8) is 0 Å². The van der Waals surface area contributed by atoms with Gasteiger partial charge in [0.25, 0.3) is 0 Å². The molecule has 15 rings (SSSR count). The van der Waals surface area contributed by atoms with Gasteiger partial charge < -0.3 is 44.9 Å². The first-order valence-corrected chi connectivity index (χ1v) is 45.1. The van der Waals surface area contributed by atoms with E-state index in [-0.39, 0.29) is 34.4 Å². The average Bonchev–Trinajstić information content (AvgIpc) is 1.66. The molecule has 0 spiro atoms. The first-order chi connectivity index (χ1) is 54.9. The van der Waals surface area contributed by atoms with E-state index < -0.39 is 23.8 Å². The van der Waals surface area contributed by atoms with E-state index in [2.05, 4.69) is 181 Å². The lowest BCUT2D eigenvalue weighted by atomic mass is 9.84. The Balaban J connectivity index is 0.000000161. The Kier molecular flexibility index (Phi) is 31.5. The first-order valence-electron chi connectivity index (χ1n) is 38.5. The minimum atomic E-state index is -1.66. The van der Waals surface area contributed by atoms with Crippen molar-refractivity contribution in [2.45, 2.75) is 204 Å². The summed E-state index contributed by atoms with van der Waals surface area (Å²) in [6.45, 7) is 24.8. The number of rotatable bonds is 21. The molecule has 0 radical (unpaired) electrons. The van der Waals surface area contributed by atoms with E-state index in [9.17, 15) is 5.26 Å². The number of pyridine rings is 5. The van der Waals surface area contributed by atoms with Crippen LogP contribution in [-0.4, -0.2) is 113 Å². The molecular weight excluding hydrogens is 1550 g/mol. The van der Waals surface area contributed by atoms with Crippen molar-refractivity contribution in [3.8, 4) is 69.9 Å². The zero-order chi connectivity index (χ0) is 83.0. The van der Waals surface area contributed by atoms with Crippen LogP contribution in [0.4, 0.5) is 11.9 Å². The van der Waals surface area contributed by atoms with Crippen LogP contribution in [0.1, 0.15) is 197 Å². The van der Waals surface area contributed by atoms with Crippen LogP contribution in [0, 0.1) is 35.0 Å². The van der Waals surface area contributed by atoms with Crippen LogP contribution in [0.3, 0.4) is 0 Å². The van der Waals surface area contributed by atoms with Gasteiger partial charge in [-0.1, -0.05) is 113 Å². The van der Waals surface area contributed by atoms with E-state index in [4.69, 9.17) is 72.1 Å². The van der Waals surface area contributed by atoms with E-state index in [0.29, 0.717) is 106 Å². The predicted molar refractivity (Wildman–Crippen MR) is 455 cm³/mol. The molecule has 598 valence electrons. The lowest BCUT2D eigenvalue weighted by Crippen LogP contribution is -2.40. The third-order valence-corrected chi connectivity index (χ3v) is 29.7. The topological polar surface area (TPSA) is 393 Å². The fourth-order valence-electron chi connectivity index (χ4n) is 10.9. The quantitative estimate of drug-likeness (QED) is 0.0111. The van der Waals surface area contributed by atoms with Gasteiger partial charge in [0.15, 0.2) is 16.6 Å². The molecule has 0 amide bonds. The second-order valence-corrected chi connectivity index (χ2v) is 42.0. The SMILES string of the molecule is C#Cc1cc(-c2cccc(C#N)c2OC)nc(N)n1.CC(C)(C)[Si](C)(C)OCc1cccc(Br)n1.CC(C)(C)[Si](C)(C)OCc1cccc(C2CC2)n1.COc1c(C#N)cccc1-c1cc(-c2cn(Cc3cccc(C4CC4)n3)nn2)nc(N)n1.OB(O)C1CC1.OCc1cccc(C2CC2)n1.[N-]=[N+]=NCc1cccc(C2CC2)n1. The van der Waals surface area contributed by atoms with Gasteiger partial charge in [-0.25, -0.2) is 29.6 Å². The number of aromatic nitrogens is 12. The monoisotopic (exact) mass is 1650 g/mol. The van der Waals surface area contributed by atoms with E-state index in [0.717, 1.165) is 68.9 Å². The third-order valence-electron chi connectivity index (χ3n) is 20.3. The summed E-state index contributed by atoms with van der Waals surface area (Å²) in [5.41, 5.74) is 33.8. The molecule has 26 nitrogen and oxygen atoms in total. The molecule has 5 saturated carbocycles. The standard InChI is InChI=1S/C23H20N8O.C15H25NOSi.C14H10N4O.C12H20BrNOSi.C9H10N4.C9H11NO.C3H7BO2/c1-32-22-15(11-24)4-2-6-17(22)19-10-20(28-23(25)27-19)21-13-31(30-29-21)12-16-5-3-7-18(26-16)14-8-9-14;1-15(2,3)18(4,5)17-11-13-7-6-8-14(16-13)12-9-10-12;1-3-10-7-12(18-14(16)17-10)11-6-4-5-9(8-15)13(11)19-2;1-12(2,3)16(4,5)15-9-10-7-6-8-11(13)14-10;10-13-11-6-8-2-1-3-9(12-8)7-4-5-7;11-6-8-2-1-3-9(10-8)7-4-5-7;5-4(6)3-1-2-3/h2-7,10,13-14H,8-9,12H2,1H3,(H2,25,27,28);6-8,12H,9-11H2,1-5H3;1,4-7H,2H3,(H2,16,17,18);6-8H,9H2,1-5H3;1-3,7H,4-6H2;1-3,7,11H,4-6H2;3,5-6H,1-2H2. The van der Waals surface area contributed by atoms with Crippen LogP contribution < -0.4 is 20.9 Å². The average molecular weight is 1650 g/mol. The molecule has 8 aromatic heterocycles. The number of halogens is 1. The fraction of sp³-hybridized carbons (Fsp3) is 0.400. The number of para-hydroxylation sites is 2. The molecule has 2 aromatic carbocycles. The number of methoxy groups -OCH3 is 2. The molecule has 5 aliphatic rings.